The highest BCUT2D eigenvalue weighted by atomic mass is 16.3. The first-order valence-corrected chi connectivity index (χ1v) is 4.12. The predicted molar refractivity (Wildman–Crippen MR) is 53.2 cm³/mol. The number of amidine groups is 1. The molecule has 0 saturated carbocycles. The largest absolute Gasteiger partial charge is 0.507 e. The number of phenols is 1. The van der Waals surface area contributed by atoms with Crippen LogP contribution in [0.2, 0.25) is 0 Å². The summed E-state index contributed by atoms with van der Waals surface area (Å²) in [6, 6.07) is 3.70. The summed E-state index contributed by atoms with van der Waals surface area (Å²) in [5.41, 5.74) is 7.92. The number of nitrogens with one attached hydrogen (secondary N) is 1. The van der Waals surface area contributed by atoms with E-state index >= 15 is 0 Å². The van der Waals surface area contributed by atoms with Gasteiger partial charge in [-0.3, -0.25) is 5.41 Å². The molecule has 3 heteroatoms. The topological polar surface area (TPSA) is 70.1 Å². The summed E-state index contributed by atoms with van der Waals surface area (Å²) >= 11 is 0. The van der Waals surface area contributed by atoms with Crippen LogP contribution in [0.1, 0.15) is 16.7 Å². The Kier molecular flexibility index (Phi) is 2.56. The molecule has 0 radical (unpaired) electrons. The Morgan fingerprint density at radius 1 is 1.38 bits per heavy atom. The Bertz CT molecular complexity index is 322. The summed E-state index contributed by atoms with van der Waals surface area (Å²) in [6.07, 6.45) is 0.446. The minimum Gasteiger partial charge on any atom is -0.507 e. The van der Waals surface area contributed by atoms with Gasteiger partial charge in [-0.2, -0.15) is 0 Å². The molecule has 1 aromatic carbocycles. The van der Waals surface area contributed by atoms with Gasteiger partial charge in [-0.05, 0) is 30.5 Å². The van der Waals surface area contributed by atoms with Gasteiger partial charge in [0.1, 0.15) is 5.75 Å². The van der Waals surface area contributed by atoms with Crippen LogP contribution >= 0.6 is 0 Å². The highest BCUT2D eigenvalue weighted by Crippen LogP contribution is 2.22. The highest BCUT2D eigenvalue weighted by molar-refractivity contribution is 5.79. The molecule has 0 aliphatic rings. The Balaban J connectivity index is 3.06. The molecule has 70 valence electrons. The zero-order valence-corrected chi connectivity index (χ0v) is 7.89. The van der Waals surface area contributed by atoms with Gasteiger partial charge < -0.3 is 10.8 Å². The molecule has 0 fully saturated rings. The lowest BCUT2D eigenvalue weighted by Gasteiger charge is -2.06. The van der Waals surface area contributed by atoms with Crippen molar-refractivity contribution in [3.63, 3.8) is 0 Å². The standard InChI is InChI=1S/C10H14N2O/c1-6-3-8(5-9(11)12)4-7(2)10(6)13/h3-4,13H,5H2,1-2H3,(H3,11,12). The van der Waals surface area contributed by atoms with E-state index in [9.17, 15) is 5.11 Å². The number of phenolic OH excluding ortho intramolecular Hbond substituents is 1. The molecule has 0 bridgehead atoms. The van der Waals surface area contributed by atoms with Crippen molar-refractivity contribution in [2.24, 2.45) is 5.73 Å². The summed E-state index contributed by atoms with van der Waals surface area (Å²) in [5.74, 6) is 0.469. The summed E-state index contributed by atoms with van der Waals surface area (Å²) in [4.78, 5) is 0. The van der Waals surface area contributed by atoms with E-state index in [-0.39, 0.29) is 5.84 Å². The molecule has 0 spiro atoms. The van der Waals surface area contributed by atoms with E-state index in [1.165, 1.54) is 0 Å². The highest BCUT2D eigenvalue weighted by Gasteiger charge is 2.03. The Labute approximate surface area is 77.7 Å². The molecular formula is C10H14N2O. The SMILES string of the molecule is Cc1cc(CC(=N)N)cc(C)c1O. The van der Waals surface area contributed by atoms with Crippen LogP contribution in [0.3, 0.4) is 0 Å². The number of aryl methyl sites for hydroxylation is 2. The maximum atomic E-state index is 9.48. The fourth-order valence-electron chi connectivity index (χ4n) is 1.37. The smallest absolute Gasteiger partial charge is 0.121 e. The number of aromatic hydroxyl groups is 1. The second kappa shape index (κ2) is 3.47. The van der Waals surface area contributed by atoms with Gasteiger partial charge in [0.25, 0.3) is 0 Å². The molecule has 0 aliphatic carbocycles. The number of benzene rings is 1. The molecule has 0 atom stereocenters. The quantitative estimate of drug-likeness (QED) is 0.474. The second-order valence-electron chi connectivity index (χ2n) is 3.28. The van der Waals surface area contributed by atoms with Crippen LogP contribution in [0.5, 0.6) is 5.75 Å². The summed E-state index contributed by atoms with van der Waals surface area (Å²) in [7, 11) is 0. The maximum absolute atomic E-state index is 9.48. The van der Waals surface area contributed by atoms with Crippen molar-refractivity contribution >= 4 is 5.84 Å². The van der Waals surface area contributed by atoms with Gasteiger partial charge in [0.05, 0.1) is 5.84 Å². The van der Waals surface area contributed by atoms with Crippen LogP contribution in [0.25, 0.3) is 0 Å². The van der Waals surface area contributed by atoms with E-state index < -0.39 is 0 Å². The van der Waals surface area contributed by atoms with Gasteiger partial charge in [0.15, 0.2) is 0 Å². The summed E-state index contributed by atoms with van der Waals surface area (Å²) < 4.78 is 0. The zero-order chi connectivity index (χ0) is 10.0. The van der Waals surface area contributed by atoms with Crippen molar-refractivity contribution in [1.82, 2.24) is 0 Å². The molecule has 1 rings (SSSR count). The fourth-order valence-corrected chi connectivity index (χ4v) is 1.37. The van der Waals surface area contributed by atoms with Crippen molar-refractivity contribution in [1.29, 1.82) is 5.41 Å². The van der Waals surface area contributed by atoms with E-state index in [2.05, 4.69) is 0 Å². The van der Waals surface area contributed by atoms with Gasteiger partial charge in [0.2, 0.25) is 0 Å². The minimum atomic E-state index is 0.143. The third-order valence-corrected chi connectivity index (χ3v) is 1.95. The van der Waals surface area contributed by atoms with E-state index in [1.54, 1.807) is 0 Å². The van der Waals surface area contributed by atoms with Gasteiger partial charge in [-0.15, -0.1) is 0 Å². The molecule has 1 aromatic rings. The molecule has 0 aromatic heterocycles. The maximum Gasteiger partial charge on any atom is 0.121 e. The monoisotopic (exact) mass is 178 g/mol. The van der Waals surface area contributed by atoms with E-state index in [1.807, 2.05) is 26.0 Å². The molecule has 13 heavy (non-hydrogen) atoms. The van der Waals surface area contributed by atoms with E-state index in [0.29, 0.717) is 12.2 Å². The van der Waals surface area contributed by atoms with Crippen LogP contribution in [0, 0.1) is 19.3 Å². The molecule has 4 N–H and O–H groups in total. The summed E-state index contributed by atoms with van der Waals surface area (Å²) in [6.45, 7) is 3.68. The average molecular weight is 178 g/mol. The lowest BCUT2D eigenvalue weighted by atomic mass is 10.0. The molecular weight excluding hydrogens is 164 g/mol. The number of rotatable bonds is 2. The zero-order valence-electron chi connectivity index (χ0n) is 7.89. The molecule has 3 nitrogen and oxygen atoms in total. The van der Waals surface area contributed by atoms with Crippen molar-refractivity contribution in [3.05, 3.63) is 28.8 Å². The third-order valence-electron chi connectivity index (χ3n) is 1.95. The van der Waals surface area contributed by atoms with Crippen LogP contribution < -0.4 is 5.73 Å². The average Bonchev–Trinajstić information content (AvgIpc) is 1.98. The minimum absolute atomic E-state index is 0.143. The number of nitrogens with two attached hydrogens (primary N) is 1. The Hall–Kier alpha value is -1.51. The first-order valence-electron chi connectivity index (χ1n) is 4.12. The van der Waals surface area contributed by atoms with E-state index in [0.717, 1.165) is 16.7 Å². The normalized spacial score (nSPS) is 10.0. The van der Waals surface area contributed by atoms with Crippen molar-refractivity contribution < 1.29 is 5.11 Å². The van der Waals surface area contributed by atoms with Crippen LogP contribution in [-0.2, 0) is 6.42 Å². The Morgan fingerprint density at radius 2 is 1.85 bits per heavy atom. The van der Waals surface area contributed by atoms with Gasteiger partial charge in [0, 0.05) is 6.42 Å². The fraction of sp³-hybridized carbons (Fsp3) is 0.300. The van der Waals surface area contributed by atoms with E-state index in [4.69, 9.17) is 11.1 Å². The van der Waals surface area contributed by atoms with Crippen molar-refractivity contribution in [2.75, 3.05) is 0 Å². The van der Waals surface area contributed by atoms with Crippen LogP contribution in [0.4, 0.5) is 0 Å². The molecule has 0 amide bonds. The molecule has 0 unspecified atom stereocenters. The Morgan fingerprint density at radius 3 is 2.23 bits per heavy atom. The van der Waals surface area contributed by atoms with Gasteiger partial charge in [-0.25, -0.2) is 0 Å². The number of hydrogen-bond acceptors (Lipinski definition) is 2. The molecule has 0 heterocycles. The summed E-state index contributed by atoms with van der Waals surface area (Å²) in [5, 5.41) is 16.6. The predicted octanol–water partition coefficient (Wildman–Crippen LogP) is 1.49. The van der Waals surface area contributed by atoms with Gasteiger partial charge in [-0.1, -0.05) is 12.1 Å². The second-order valence-corrected chi connectivity index (χ2v) is 3.28. The van der Waals surface area contributed by atoms with Gasteiger partial charge >= 0.3 is 0 Å². The first-order chi connectivity index (χ1) is 6.00. The lowest BCUT2D eigenvalue weighted by Crippen LogP contribution is -2.12. The molecule has 0 aliphatic heterocycles. The first kappa shape index (κ1) is 9.58. The van der Waals surface area contributed by atoms with Crippen LogP contribution in [-0.4, -0.2) is 10.9 Å². The van der Waals surface area contributed by atoms with Crippen LogP contribution in [0.15, 0.2) is 12.1 Å². The third kappa shape index (κ3) is 2.21. The van der Waals surface area contributed by atoms with Crippen molar-refractivity contribution in [2.45, 2.75) is 20.3 Å². The lowest BCUT2D eigenvalue weighted by molar-refractivity contribution is 0.466. The van der Waals surface area contributed by atoms with Crippen molar-refractivity contribution in [3.8, 4) is 5.75 Å². The molecule has 0 saturated heterocycles. The number of hydrogen-bond donors (Lipinski definition) is 3.